The average molecular weight is 222 g/mol. The molecule has 0 amide bonds. The predicted molar refractivity (Wildman–Crippen MR) is 71.9 cm³/mol. The minimum absolute atomic E-state index is 0.691. The van der Waals surface area contributed by atoms with Crippen LogP contribution in [0.25, 0.3) is 4.85 Å². The maximum Gasteiger partial charge on any atom is 0.210 e. The first-order valence-electron chi connectivity index (χ1n) is 5.50. The van der Waals surface area contributed by atoms with E-state index < -0.39 is 0 Å². The molecule has 0 aliphatic carbocycles. The van der Waals surface area contributed by atoms with Crippen molar-refractivity contribution in [3.05, 3.63) is 65.5 Å². The average Bonchev–Trinajstić information content (AvgIpc) is 2.38. The third-order valence-electron chi connectivity index (χ3n) is 2.82. The fourth-order valence-corrected chi connectivity index (χ4v) is 1.95. The SMILES string of the molecule is [C-]#[N+]c1cccc(C)c1N(C)c1ccccc1. The van der Waals surface area contributed by atoms with Gasteiger partial charge in [-0.1, -0.05) is 36.4 Å². The molecular weight excluding hydrogens is 208 g/mol. The van der Waals surface area contributed by atoms with Crippen molar-refractivity contribution in [2.45, 2.75) is 6.92 Å². The molecule has 0 aromatic heterocycles. The van der Waals surface area contributed by atoms with Crippen molar-refractivity contribution < 1.29 is 0 Å². The summed E-state index contributed by atoms with van der Waals surface area (Å²) in [4.78, 5) is 5.64. The van der Waals surface area contributed by atoms with Crippen molar-refractivity contribution in [3.63, 3.8) is 0 Å². The zero-order valence-electron chi connectivity index (χ0n) is 10.0. The van der Waals surface area contributed by atoms with Crippen molar-refractivity contribution >= 4 is 17.1 Å². The molecule has 2 nitrogen and oxygen atoms in total. The fourth-order valence-electron chi connectivity index (χ4n) is 1.95. The third kappa shape index (κ3) is 2.14. The lowest BCUT2D eigenvalue weighted by atomic mass is 10.1. The number of para-hydroxylation sites is 2. The molecule has 84 valence electrons. The Labute approximate surface area is 102 Å². The van der Waals surface area contributed by atoms with Gasteiger partial charge < -0.3 is 4.90 Å². The van der Waals surface area contributed by atoms with Crippen LogP contribution in [-0.4, -0.2) is 7.05 Å². The van der Waals surface area contributed by atoms with Crippen LogP contribution in [-0.2, 0) is 0 Å². The van der Waals surface area contributed by atoms with E-state index in [1.165, 1.54) is 0 Å². The van der Waals surface area contributed by atoms with E-state index in [1.54, 1.807) is 0 Å². The highest BCUT2D eigenvalue weighted by atomic mass is 15.1. The molecule has 0 atom stereocenters. The Morgan fingerprint density at radius 2 is 1.71 bits per heavy atom. The maximum absolute atomic E-state index is 7.24. The van der Waals surface area contributed by atoms with Crippen LogP contribution in [0.2, 0.25) is 0 Å². The summed E-state index contributed by atoms with van der Waals surface area (Å²) in [6.07, 6.45) is 0. The molecule has 17 heavy (non-hydrogen) atoms. The van der Waals surface area contributed by atoms with Crippen LogP contribution >= 0.6 is 0 Å². The number of benzene rings is 2. The van der Waals surface area contributed by atoms with Gasteiger partial charge >= 0.3 is 0 Å². The summed E-state index contributed by atoms with van der Waals surface area (Å²) in [6, 6.07) is 15.9. The van der Waals surface area contributed by atoms with Gasteiger partial charge in [-0.2, -0.15) is 0 Å². The zero-order valence-corrected chi connectivity index (χ0v) is 10.0. The summed E-state index contributed by atoms with van der Waals surface area (Å²) < 4.78 is 0. The highest BCUT2D eigenvalue weighted by Crippen LogP contribution is 2.35. The van der Waals surface area contributed by atoms with Gasteiger partial charge in [0.15, 0.2) is 0 Å². The summed E-state index contributed by atoms with van der Waals surface area (Å²) in [7, 11) is 1.99. The van der Waals surface area contributed by atoms with Crippen molar-refractivity contribution in [1.29, 1.82) is 0 Å². The van der Waals surface area contributed by atoms with Gasteiger partial charge in [0, 0.05) is 18.4 Å². The Kier molecular flexibility index (Phi) is 3.11. The van der Waals surface area contributed by atoms with Gasteiger partial charge in [0.1, 0.15) is 0 Å². The highest BCUT2D eigenvalue weighted by molar-refractivity contribution is 5.79. The second kappa shape index (κ2) is 4.71. The van der Waals surface area contributed by atoms with Crippen molar-refractivity contribution in [3.8, 4) is 0 Å². The summed E-state index contributed by atoms with van der Waals surface area (Å²) in [5.41, 5.74) is 3.88. The number of anilines is 2. The lowest BCUT2D eigenvalue weighted by Gasteiger charge is -2.23. The Balaban J connectivity index is 2.52. The van der Waals surface area contributed by atoms with Crippen molar-refractivity contribution in [2.75, 3.05) is 11.9 Å². The minimum Gasteiger partial charge on any atom is -0.354 e. The molecule has 0 unspecified atom stereocenters. The predicted octanol–water partition coefficient (Wildman–Crippen LogP) is 4.31. The zero-order chi connectivity index (χ0) is 12.3. The van der Waals surface area contributed by atoms with Gasteiger partial charge in [0.05, 0.1) is 6.57 Å². The molecule has 2 heteroatoms. The fraction of sp³-hybridized carbons (Fsp3) is 0.133. The molecule has 0 fully saturated rings. The van der Waals surface area contributed by atoms with E-state index in [4.69, 9.17) is 6.57 Å². The summed E-state index contributed by atoms with van der Waals surface area (Å²) in [5, 5.41) is 0. The second-order valence-corrected chi connectivity index (χ2v) is 3.95. The largest absolute Gasteiger partial charge is 0.354 e. The van der Waals surface area contributed by atoms with E-state index in [1.807, 2.05) is 62.5 Å². The molecule has 0 N–H and O–H groups in total. The molecule has 0 aliphatic heterocycles. The van der Waals surface area contributed by atoms with E-state index in [2.05, 4.69) is 9.74 Å². The van der Waals surface area contributed by atoms with Gasteiger partial charge in [0.2, 0.25) is 5.69 Å². The van der Waals surface area contributed by atoms with Crippen LogP contribution in [0.15, 0.2) is 48.5 Å². The summed E-state index contributed by atoms with van der Waals surface area (Å²) in [6.45, 7) is 9.27. The lowest BCUT2D eigenvalue weighted by Crippen LogP contribution is -2.10. The summed E-state index contributed by atoms with van der Waals surface area (Å²) in [5.74, 6) is 0. The maximum atomic E-state index is 7.24. The lowest BCUT2D eigenvalue weighted by molar-refractivity contribution is 1.19. The van der Waals surface area contributed by atoms with E-state index >= 15 is 0 Å². The normalized spacial score (nSPS) is 9.71. The minimum atomic E-state index is 0.691. The molecule has 2 aromatic rings. The molecule has 0 radical (unpaired) electrons. The Bertz CT molecular complexity index is 553. The van der Waals surface area contributed by atoms with Gasteiger partial charge in [0.25, 0.3) is 0 Å². The van der Waals surface area contributed by atoms with Gasteiger partial charge in [-0.15, -0.1) is 0 Å². The molecule has 0 saturated heterocycles. The number of hydrogen-bond donors (Lipinski definition) is 0. The number of aryl methyl sites for hydroxylation is 1. The first-order valence-corrected chi connectivity index (χ1v) is 5.50. The smallest absolute Gasteiger partial charge is 0.210 e. The van der Waals surface area contributed by atoms with Crippen molar-refractivity contribution in [2.24, 2.45) is 0 Å². The number of hydrogen-bond acceptors (Lipinski definition) is 1. The van der Waals surface area contributed by atoms with Crippen LogP contribution in [0, 0.1) is 13.5 Å². The van der Waals surface area contributed by atoms with Crippen LogP contribution in [0.5, 0.6) is 0 Å². The quantitative estimate of drug-likeness (QED) is 0.687. The molecule has 0 saturated carbocycles. The molecule has 0 spiro atoms. The topological polar surface area (TPSA) is 7.60 Å². The Hall–Kier alpha value is -2.27. The van der Waals surface area contributed by atoms with Crippen LogP contribution < -0.4 is 4.90 Å². The van der Waals surface area contributed by atoms with Gasteiger partial charge in [-0.25, -0.2) is 4.85 Å². The first kappa shape index (κ1) is 11.2. The van der Waals surface area contributed by atoms with Crippen LogP contribution in [0.1, 0.15) is 5.56 Å². The van der Waals surface area contributed by atoms with Crippen LogP contribution in [0.4, 0.5) is 17.1 Å². The molecule has 0 heterocycles. The standard InChI is InChI=1S/C15H14N2/c1-12-8-7-11-14(16-2)15(12)17(3)13-9-5-4-6-10-13/h4-11H,1,3H3. The van der Waals surface area contributed by atoms with E-state index in [0.717, 1.165) is 16.9 Å². The molecule has 2 rings (SSSR count). The van der Waals surface area contributed by atoms with E-state index in [-0.39, 0.29) is 0 Å². The Morgan fingerprint density at radius 3 is 2.35 bits per heavy atom. The number of nitrogens with zero attached hydrogens (tertiary/aromatic N) is 2. The first-order chi connectivity index (χ1) is 8.24. The monoisotopic (exact) mass is 222 g/mol. The van der Waals surface area contributed by atoms with E-state index in [9.17, 15) is 0 Å². The molecule has 0 aliphatic rings. The molecule has 0 bridgehead atoms. The Morgan fingerprint density at radius 1 is 1.00 bits per heavy atom. The number of rotatable bonds is 2. The van der Waals surface area contributed by atoms with Crippen molar-refractivity contribution in [1.82, 2.24) is 0 Å². The molecule has 2 aromatic carbocycles. The highest BCUT2D eigenvalue weighted by Gasteiger charge is 2.11. The van der Waals surface area contributed by atoms with Gasteiger partial charge in [-0.3, -0.25) is 0 Å². The molecular formula is C15H14N2. The van der Waals surface area contributed by atoms with Crippen LogP contribution in [0.3, 0.4) is 0 Å². The summed E-state index contributed by atoms with van der Waals surface area (Å²) >= 11 is 0. The second-order valence-electron chi connectivity index (χ2n) is 3.95. The third-order valence-corrected chi connectivity index (χ3v) is 2.82. The van der Waals surface area contributed by atoms with E-state index in [0.29, 0.717) is 5.69 Å². The van der Waals surface area contributed by atoms with Gasteiger partial charge in [-0.05, 0) is 24.6 Å².